The van der Waals surface area contributed by atoms with Crippen LogP contribution >= 0.6 is 0 Å². The molecule has 0 saturated heterocycles. The van der Waals surface area contributed by atoms with Crippen LogP contribution in [0.1, 0.15) is 42.5 Å². The van der Waals surface area contributed by atoms with E-state index in [4.69, 9.17) is 5.11 Å². The van der Waals surface area contributed by atoms with Gasteiger partial charge < -0.3 is 15.7 Å². The number of amides is 2. The molecule has 35 heavy (non-hydrogen) atoms. The van der Waals surface area contributed by atoms with Crippen molar-refractivity contribution in [2.75, 3.05) is 5.32 Å². The number of anilines is 1. The van der Waals surface area contributed by atoms with Gasteiger partial charge in [-0.15, -0.1) is 0 Å². The molecular formula is C21H14F3N7O4. The van der Waals surface area contributed by atoms with Crippen molar-refractivity contribution in [3.8, 4) is 0 Å². The summed E-state index contributed by atoms with van der Waals surface area (Å²) in [6.07, 6.45) is -2.56. The molecule has 4 aromatic rings. The number of carboxylic acids is 1. The summed E-state index contributed by atoms with van der Waals surface area (Å²) in [5.41, 5.74) is -0.668. The van der Waals surface area contributed by atoms with Crippen molar-refractivity contribution in [1.29, 1.82) is 0 Å². The van der Waals surface area contributed by atoms with Crippen LogP contribution < -0.4 is 10.6 Å². The number of hydrogen-bond acceptors (Lipinski definition) is 7. The van der Waals surface area contributed by atoms with E-state index in [1.165, 1.54) is 30.3 Å². The lowest BCUT2D eigenvalue weighted by atomic mass is 10.1. The molecule has 0 saturated carbocycles. The second-order valence-corrected chi connectivity index (χ2v) is 7.08. The predicted octanol–water partition coefficient (Wildman–Crippen LogP) is 2.65. The number of halogens is 3. The lowest BCUT2D eigenvalue weighted by molar-refractivity contribution is -0.141. The largest absolute Gasteiger partial charge is 0.478 e. The summed E-state index contributed by atoms with van der Waals surface area (Å²) in [6, 6.07) is 7.34. The number of carboxylic acid groups (broad SMARTS) is 1. The van der Waals surface area contributed by atoms with E-state index in [9.17, 15) is 27.6 Å². The molecule has 0 radical (unpaired) electrons. The SMILES string of the molecule is O=C(O)c1ccc(C(=O)Nc2n[nH]c3c(C(=O)NCc4ccnc(C(F)(F)F)c4)ncnc23)cc1. The average molecular weight is 485 g/mol. The van der Waals surface area contributed by atoms with E-state index < -0.39 is 29.7 Å². The van der Waals surface area contributed by atoms with Crippen LogP contribution in [0.15, 0.2) is 48.9 Å². The van der Waals surface area contributed by atoms with Crippen LogP contribution in [0.5, 0.6) is 0 Å². The Morgan fingerprint density at radius 1 is 0.971 bits per heavy atom. The van der Waals surface area contributed by atoms with Crippen molar-refractivity contribution in [1.82, 2.24) is 30.5 Å². The van der Waals surface area contributed by atoms with Gasteiger partial charge in [0, 0.05) is 18.3 Å². The predicted molar refractivity (Wildman–Crippen MR) is 113 cm³/mol. The van der Waals surface area contributed by atoms with Gasteiger partial charge in [-0.1, -0.05) is 0 Å². The number of pyridine rings is 1. The monoisotopic (exact) mass is 485 g/mol. The van der Waals surface area contributed by atoms with Crippen molar-refractivity contribution < 1.29 is 32.7 Å². The zero-order valence-electron chi connectivity index (χ0n) is 17.4. The fourth-order valence-electron chi connectivity index (χ4n) is 3.04. The van der Waals surface area contributed by atoms with Crippen LogP contribution in [0.3, 0.4) is 0 Å². The summed E-state index contributed by atoms with van der Waals surface area (Å²) in [4.78, 5) is 47.2. The second kappa shape index (κ2) is 9.17. The molecule has 1 aromatic carbocycles. The number of carbonyl (C=O) groups excluding carboxylic acids is 2. The van der Waals surface area contributed by atoms with Gasteiger partial charge in [-0.25, -0.2) is 14.8 Å². The molecule has 0 bridgehead atoms. The highest BCUT2D eigenvalue weighted by Gasteiger charge is 2.32. The van der Waals surface area contributed by atoms with E-state index >= 15 is 0 Å². The minimum Gasteiger partial charge on any atom is -0.478 e. The van der Waals surface area contributed by atoms with Crippen molar-refractivity contribution in [2.24, 2.45) is 0 Å². The number of H-pyrrole nitrogens is 1. The summed E-state index contributed by atoms with van der Waals surface area (Å²) in [7, 11) is 0. The zero-order valence-corrected chi connectivity index (χ0v) is 17.4. The number of alkyl halides is 3. The van der Waals surface area contributed by atoms with E-state index in [-0.39, 0.29) is 45.8 Å². The normalized spacial score (nSPS) is 11.3. The Hall–Kier alpha value is -4.88. The number of aromatic carboxylic acids is 1. The molecule has 3 aromatic heterocycles. The second-order valence-electron chi connectivity index (χ2n) is 7.08. The maximum absolute atomic E-state index is 12.8. The van der Waals surface area contributed by atoms with Crippen molar-refractivity contribution in [2.45, 2.75) is 12.7 Å². The topological polar surface area (TPSA) is 163 Å². The molecule has 0 aliphatic rings. The summed E-state index contributed by atoms with van der Waals surface area (Å²) in [5.74, 6) is -2.46. The molecule has 11 nitrogen and oxygen atoms in total. The summed E-state index contributed by atoms with van der Waals surface area (Å²) < 4.78 is 38.5. The van der Waals surface area contributed by atoms with Gasteiger partial charge in [0.1, 0.15) is 23.1 Å². The first-order valence-electron chi connectivity index (χ1n) is 9.77. The number of rotatable bonds is 6. The summed E-state index contributed by atoms with van der Waals surface area (Å²) in [6.45, 7) is -0.222. The molecular weight excluding hydrogens is 471 g/mol. The third kappa shape index (κ3) is 5.05. The maximum atomic E-state index is 12.8. The van der Waals surface area contributed by atoms with Crippen molar-refractivity contribution in [3.05, 3.63) is 77.0 Å². The van der Waals surface area contributed by atoms with Gasteiger partial charge in [0.25, 0.3) is 11.8 Å². The van der Waals surface area contributed by atoms with E-state index in [2.05, 4.69) is 35.8 Å². The number of nitrogens with one attached hydrogen (secondary N) is 3. The highest BCUT2D eigenvalue weighted by Crippen LogP contribution is 2.27. The van der Waals surface area contributed by atoms with E-state index in [0.29, 0.717) is 0 Å². The molecule has 0 spiro atoms. The number of fused-ring (bicyclic) bond motifs is 1. The van der Waals surface area contributed by atoms with Crippen molar-refractivity contribution in [3.63, 3.8) is 0 Å². The minimum absolute atomic E-state index is 0.00675. The smallest absolute Gasteiger partial charge is 0.433 e. The molecule has 0 fully saturated rings. The number of hydrogen-bond donors (Lipinski definition) is 4. The molecule has 0 aliphatic heterocycles. The van der Waals surface area contributed by atoms with Crippen LogP contribution in [-0.4, -0.2) is 48.0 Å². The minimum atomic E-state index is -4.62. The maximum Gasteiger partial charge on any atom is 0.433 e. The number of aromatic amines is 1. The van der Waals surface area contributed by atoms with Crippen molar-refractivity contribution >= 4 is 34.6 Å². The molecule has 2 amide bonds. The zero-order chi connectivity index (χ0) is 25.2. The van der Waals surface area contributed by atoms with Gasteiger partial charge in [-0.2, -0.15) is 18.3 Å². The van der Waals surface area contributed by atoms with E-state index in [1.807, 2.05) is 0 Å². The van der Waals surface area contributed by atoms with E-state index in [1.54, 1.807) is 0 Å². The van der Waals surface area contributed by atoms with Crippen LogP contribution in [0.25, 0.3) is 11.0 Å². The van der Waals surface area contributed by atoms with Crippen LogP contribution in [0.2, 0.25) is 0 Å². The Bertz CT molecular complexity index is 1440. The average Bonchev–Trinajstić information content (AvgIpc) is 3.25. The molecule has 0 aliphatic carbocycles. The number of benzene rings is 1. The molecule has 0 unspecified atom stereocenters. The first-order valence-corrected chi connectivity index (χ1v) is 9.77. The first-order chi connectivity index (χ1) is 16.6. The summed E-state index contributed by atoms with van der Waals surface area (Å²) in [5, 5.41) is 20.4. The highest BCUT2D eigenvalue weighted by molar-refractivity contribution is 6.10. The molecule has 14 heteroatoms. The molecule has 4 rings (SSSR count). The third-order valence-corrected chi connectivity index (χ3v) is 4.76. The fourth-order valence-corrected chi connectivity index (χ4v) is 3.04. The third-order valence-electron chi connectivity index (χ3n) is 4.76. The molecule has 178 valence electrons. The number of aromatic nitrogens is 5. The Kier molecular flexibility index (Phi) is 6.10. The summed E-state index contributed by atoms with van der Waals surface area (Å²) >= 11 is 0. The quantitative estimate of drug-likeness (QED) is 0.324. The van der Waals surface area contributed by atoms with Gasteiger partial charge in [0.2, 0.25) is 0 Å². The van der Waals surface area contributed by atoms with Gasteiger partial charge >= 0.3 is 12.1 Å². The Balaban J connectivity index is 1.50. The first kappa shape index (κ1) is 23.3. The standard InChI is InChI=1S/C21H14F3N7O4/c22-21(23,24)13-7-10(5-6-25-13)8-26-19(33)16-14-15(27-9-28-16)17(31-30-14)29-18(32)11-1-3-12(4-2-11)20(34)35/h1-7,9H,8H2,(H,26,33)(H,34,35)(H2,29,30,31,32). The highest BCUT2D eigenvalue weighted by atomic mass is 19.4. The van der Waals surface area contributed by atoms with Gasteiger partial charge in [0.15, 0.2) is 11.5 Å². The molecule has 0 atom stereocenters. The number of nitrogens with zero attached hydrogens (tertiary/aromatic N) is 4. The molecule has 4 N–H and O–H groups in total. The van der Waals surface area contributed by atoms with E-state index in [0.717, 1.165) is 18.6 Å². The molecule has 3 heterocycles. The van der Waals surface area contributed by atoms with Gasteiger partial charge in [-0.3, -0.25) is 19.7 Å². The Labute approximate surface area is 193 Å². The lowest BCUT2D eigenvalue weighted by Gasteiger charge is -2.09. The fraction of sp³-hybridized carbons (Fsp3) is 0.0952. The van der Waals surface area contributed by atoms with Crippen LogP contribution in [0.4, 0.5) is 19.0 Å². The Morgan fingerprint density at radius 2 is 1.69 bits per heavy atom. The van der Waals surface area contributed by atoms with Gasteiger partial charge in [-0.05, 0) is 42.0 Å². The number of carbonyl (C=O) groups is 3. The van der Waals surface area contributed by atoms with Gasteiger partial charge in [0.05, 0.1) is 5.56 Å². The Morgan fingerprint density at radius 3 is 2.37 bits per heavy atom. The van der Waals surface area contributed by atoms with Crippen LogP contribution in [-0.2, 0) is 12.7 Å². The lowest BCUT2D eigenvalue weighted by Crippen LogP contribution is -2.24. The van der Waals surface area contributed by atoms with Crippen LogP contribution in [0, 0.1) is 0 Å².